The second-order valence-electron chi connectivity index (χ2n) is 11.3. The van der Waals surface area contributed by atoms with E-state index in [0.717, 1.165) is 25.7 Å². The standard InChI is InChI=1S/C26H36F2O12S/c1-4-25(5-2,14-8-6-7-9-14)40-24(32)20-16-10-15-19(20)23(31)39-22(15)21(16)38-18(30)12-36-11-17(29)37-13(3)26(27,28)41(33,34)35/h13-16,19-22H,4-12H2,1-3H3,(H,33,34,35). The van der Waals surface area contributed by atoms with Gasteiger partial charge in [0.2, 0.25) is 0 Å². The molecule has 0 amide bonds. The van der Waals surface area contributed by atoms with E-state index in [1.54, 1.807) is 0 Å². The second kappa shape index (κ2) is 11.7. The van der Waals surface area contributed by atoms with Crippen molar-refractivity contribution in [2.75, 3.05) is 13.2 Å². The molecule has 15 heteroatoms. The summed E-state index contributed by atoms with van der Waals surface area (Å²) in [5.74, 6) is -5.48. The van der Waals surface area contributed by atoms with Gasteiger partial charge in [0.1, 0.15) is 31.0 Å². The Bertz CT molecular complexity index is 1150. The van der Waals surface area contributed by atoms with Crippen LogP contribution in [-0.2, 0) is 53.0 Å². The molecule has 1 N–H and O–H groups in total. The lowest BCUT2D eigenvalue weighted by Crippen LogP contribution is -2.48. The number of hydrogen-bond acceptors (Lipinski definition) is 11. The van der Waals surface area contributed by atoms with Crippen LogP contribution in [0.2, 0.25) is 0 Å². The SMILES string of the molecule is CCC(CC)(OC(=O)C1C2CC3C(OC(=O)C31)C2OC(=O)COCC(=O)OC(C)C(F)(F)S(=O)(=O)O)C1CCCC1. The molecule has 0 spiro atoms. The van der Waals surface area contributed by atoms with Crippen LogP contribution in [0.15, 0.2) is 0 Å². The Balaban J connectivity index is 1.34. The molecule has 7 atom stereocenters. The first-order valence-electron chi connectivity index (χ1n) is 13.9. The van der Waals surface area contributed by atoms with Crippen LogP contribution in [0.5, 0.6) is 0 Å². The number of halogens is 2. The van der Waals surface area contributed by atoms with Gasteiger partial charge in [-0.2, -0.15) is 17.2 Å². The van der Waals surface area contributed by atoms with Gasteiger partial charge in [0.25, 0.3) is 0 Å². The maximum atomic E-state index is 13.6. The highest BCUT2D eigenvalue weighted by Gasteiger charge is 2.70. The number of rotatable bonds is 13. The lowest BCUT2D eigenvalue weighted by atomic mass is 9.77. The molecule has 232 valence electrons. The van der Waals surface area contributed by atoms with Gasteiger partial charge in [-0.05, 0) is 44.9 Å². The zero-order valence-electron chi connectivity index (χ0n) is 23.1. The van der Waals surface area contributed by atoms with Crippen LogP contribution < -0.4 is 0 Å². The van der Waals surface area contributed by atoms with Crippen LogP contribution >= 0.6 is 0 Å². The van der Waals surface area contributed by atoms with Crippen LogP contribution in [0.25, 0.3) is 0 Å². The predicted molar refractivity (Wildman–Crippen MR) is 133 cm³/mol. The van der Waals surface area contributed by atoms with Gasteiger partial charge in [-0.15, -0.1) is 0 Å². The maximum absolute atomic E-state index is 13.6. The van der Waals surface area contributed by atoms with Gasteiger partial charge in [-0.1, -0.05) is 26.7 Å². The Labute approximate surface area is 236 Å². The number of fused-ring (bicyclic) bond motifs is 1. The normalized spacial score (nSPS) is 30.2. The lowest BCUT2D eigenvalue weighted by Gasteiger charge is -2.39. The quantitative estimate of drug-likeness (QED) is 0.184. The monoisotopic (exact) mass is 610 g/mol. The summed E-state index contributed by atoms with van der Waals surface area (Å²) in [5, 5.41) is -4.75. The van der Waals surface area contributed by atoms with E-state index in [-0.39, 0.29) is 11.8 Å². The van der Waals surface area contributed by atoms with Crippen molar-refractivity contribution in [3.8, 4) is 0 Å². The molecule has 4 aliphatic rings. The van der Waals surface area contributed by atoms with Crippen molar-refractivity contribution in [1.29, 1.82) is 0 Å². The van der Waals surface area contributed by atoms with Gasteiger partial charge in [0.05, 0.1) is 11.8 Å². The van der Waals surface area contributed by atoms with Crippen LogP contribution in [0.4, 0.5) is 8.78 Å². The minimum Gasteiger partial charge on any atom is -0.459 e. The molecule has 0 aromatic rings. The topological polar surface area (TPSA) is 169 Å². The van der Waals surface area contributed by atoms with E-state index >= 15 is 0 Å². The first kappa shape index (κ1) is 31.5. The molecule has 0 aromatic carbocycles. The molecule has 2 bridgehead atoms. The average Bonchev–Trinajstić information content (AvgIpc) is 3.66. The zero-order valence-corrected chi connectivity index (χ0v) is 23.9. The summed E-state index contributed by atoms with van der Waals surface area (Å²) in [6.45, 7) is 2.73. The Morgan fingerprint density at radius 1 is 1.07 bits per heavy atom. The molecular weight excluding hydrogens is 574 g/mol. The molecule has 4 rings (SSSR count). The number of carbonyl (C=O) groups is 4. The Morgan fingerprint density at radius 3 is 2.27 bits per heavy atom. The van der Waals surface area contributed by atoms with Crippen molar-refractivity contribution in [2.24, 2.45) is 29.6 Å². The molecule has 1 aliphatic heterocycles. The van der Waals surface area contributed by atoms with Gasteiger partial charge in [-0.25, -0.2) is 9.59 Å². The molecule has 1 heterocycles. The Hall–Kier alpha value is -2.39. The van der Waals surface area contributed by atoms with Crippen molar-refractivity contribution in [1.82, 2.24) is 0 Å². The van der Waals surface area contributed by atoms with Crippen LogP contribution in [0, 0.1) is 29.6 Å². The van der Waals surface area contributed by atoms with E-state index in [1.165, 1.54) is 0 Å². The van der Waals surface area contributed by atoms with Gasteiger partial charge in [0, 0.05) is 11.8 Å². The number of esters is 4. The zero-order chi connectivity index (χ0) is 30.3. The summed E-state index contributed by atoms with van der Waals surface area (Å²) < 4.78 is 83.5. The largest absolute Gasteiger partial charge is 0.459 e. The van der Waals surface area contributed by atoms with Crippen molar-refractivity contribution in [2.45, 2.75) is 94.9 Å². The molecule has 7 unspecified atom stereocenters. The Morgan fingerprint density at radius 2 is 1.68 bits per heavy atom. The highest BCUT2D eigenvalue weighted by atomic mass is 32.2. The number of carbonyl (C=O) groups excluding carboxylic acids is 4. The first-order valence-corrected chi connectivity index (χ1v) is 15.4. The molecule has 1 saturated heterocycles. The van der Waals surface area contributed by atoms with Crippen LogP contribution in [0.3, 0.4) is 0 Å². The third-order valence-electron chi connectivity index (χ3n) is 9.25. The van der Waals surface area contributed by atoms with E-state index in [1.807, 2.05) is 13.8 Å². The highest BCUT2D eigenvalue weighted by molar-refractivity contribution is 7.86. The van der Waals surface area contributed by atoms with E-state index in [0.29, 0.717) is 26.2 Å². The minimum absolute atomic E-state index is 0.239. The second-order valence-corrected chi connectivity index (χ2v) is 12.8. The number of hydrogen-bond donors (Lipinski definition) is 1. The van der Waals surface area contributed by atoms with E-state index in [2.05, 4.69) is 4.74 Å². The fraction of sp³-hybridized carbons (Fsp3) is 0.846. The molecule has 12 nitrogen and oxygen atoms in total. The van der Waals surface area contributed by atoms with E-state index in [4.69, 9.17) is 23.5 Å². The van der Waals surface area contributed by atoms with Crippen LogP contribution in [-0.4, -0.2) is 79.2 Å². The van der Waals surface area contributed by atoms with Crippen molar-refractivity contribution in [3.63, 3.8) is 0 Å². The summed E-state index contributed by atoms with van der Waals surface area (Å²) in [4.78, 5) is 50.6. The van der Waals surface area contributed by atoms with Gasteiger partial charge in [-0.3, -0.25) is 14.1 Å². The van der Waals surface area contributed by atoms with E-state index in [9.17, 15) is 36.4 Å². The third kappa shape index (κ3) is 5.81. The smallest absolute Gasteiger partial charge is 0.405 e. The fourth-order valence-electron chi connectivity index (χ4n) is 7.16. The van der Waals surface area contributed by atoms with Crippen molar-refractivity contribution in [3.05, 3.63) is 0 Å². The molecule has 3 saturated carbocycles. The maximum Gasteiger partial charge on any atom is 0.405 e. The Kier molecular flexibility index (Phi) is 9.01. The van der Waals surface area contributed by atoms with E-state index < -0.39 is 94.1 Å². The summed E-state index contributed by atoms with van der Waals surface area (Å²) in [5.41, 5.74) is -0.630. The molecular formula is C26H36F2O12S. The van der Waals surface area contributed by atoms with Gasteiger partial charge < -0.3 is 23.7 Å². The fourth-order valence-corrected chi connectivity index (χ4v) is 7.62. The lowest BCUT2D eigenvalue weighted by molar-refractivity contribution is -0.182. The summed E-state index contributed by atoms with van der Waals surface area (Å²) in [6, 6.07) is 0. The van der Waals surface area contributed by atoms with Gasteiger partial charge in [0.15, 0.2) is 6.10 Å². The number of alkyl halides is 2. The first-order chi connectivity index (χ1) is 19.2. The number of ether oxygens (including phenoxy) is 5. The predicted octanol–water partition coefficient (Wildman–Crippen LogP) is 2.43. The molecule has 4 fully saturated rings. The molecule has 0 aromatic heterocycles. The highest BCUT2D eigenvalue weighted by Crippen LogP contribution is 2.59. The summed E-state index contributed by atoms with van der Waals surface area (Å²) >= 11 is 0. The third-order valence-corrected chi connectivity index (χ3v) is 10.3. The van der Waals surface area contributed by atoms with Crippen molar-refractivity contribution < 1.29 is 64.6 Å². The average molecular weight is 611 g/mol. The summed E-state index contributed by atoms with van der Waals surface area (Å²) in [7, 11) is -5.83. The molecule has 41 heavy (non-hydrogen) atoms. The minimum atomic E-state index is -5.83. The molecule has 0 radical (unpaired) electrons. The van der Waals surface area contributed by atoms with Gasteiger partial charge >= 0.3 is 39.2 Å². The molecule has 3 aliphatic carbocycles. The van der Waals surface area contributed by atoms with Crippen molar-refractivity contribution >= 4 is 34.0 Å². The van der Waals surface area contributed by atoms with Crippen LogP contribution in [0.1, 0.15) is 65.7 Å². The summed E-state index contributed by atoms with van der Waals surface area (Å²) in [6.07, 6.45) is 1.61.